The third kappa shape index (κ3) is 5.96. The Hall–Kier alpha value is 0.0683. The van der Waals surface area contributed by atoms with Gasteiger partial charge in [0.2, 0.25) is 0 Å². The van der Waals surface area contributed by atoms with Crippen LogP contribution in [0.5, 0.6) is 0 Å². The summed E-state index contributed by atoms with van der Waals surface area (Å²) in [4.78, 5) is 0. The first-order chi connectivity index (χ1) is 20.8. The van der Waals surface area contributed by atoms with Gasteiger partial charge >= 0.3 is 21.1 Å². The van der Waals surface area contributed by atoms with E-state index in [9.17, 15) is 35.7 Å². The Morgan fingerprint density at radius 1 is 0.935 bits per heavy atom. The molecule has 0 amide bonds. The van der Waals surface area contributed by atoms with E-state index in [4.69, 9.17) is 9.47 Å². The molecule has 266 valence electrons. The molecule has 1 heterocycles. The van der Waals surface area contributed by atoms with Gasteiger partial charge in [0.25, 0.3) is 0 Å². The number of rotatable bonds is 7. The topological polar surface area (TPSA) is 160 Å². The molecule has 16 atom stereocenters. The van der Waals surface area contributed by atoms with Crippen LogP contribution >= 0.6 is 0 Å². The molecule has 5 rings (SSSR count). The number of hydrogen-bond donors (Lipinski definition) is 7. The predicted molar refractivity (Wildman–Crippen MR) is 170 cm³/mol. The van der Waals surface area contributed by atoms with Gasteiger partial charge in [-0.15, -0.1) is 0 Å². The Morgan fingerprint density at radius 2 is 1.59 bits per heavy atom. The summed E-state index contributed by atoms with van der Waals surface area (Å²) < 4.78 is 12.6. The van der Waals surface area contributed by atoms with Crippen LogP contribution in [0.25, 0.3) is 0 Å². The van der Waals surface area contributed by atoms with Crippen molar-refractivity contribution in [3.8, 4) is 0 Å². The third-order valence-electron chi connectivity index (χ3n) is 14.4. The quantitative estimate of drug-likeness (QED) is 0.151. The Bertz CT molecular complexity index is 1110. The van der Waals surface area contributed by atoms with E-state index in [2.05, 4.69) is 54.5 Å². The van der Waals surface area contributed by atoms with Crippen LogP contribution in [-0.4, -0.2) is 97.0 Å². The van der Waals surface area contributed by atoms with Crippen molar-refractivity contribution >= 4 is 0 Å². The molecular formula is C36H62O9Pt+4. The summed E-state index contributed by atoms with van der Waals surface area (Å²) in [5, 5.41) is 77.2. The second-order valence-electron chi connectivity index (χ2n) is 17.5. The molecule has 5 fully saturated rings. The molecule has 0 aromatic rings. The average molecular weight is 834 g/mol. The second kappa shape index (κ2) is 13.3. The van der Waals surface area contributed by atoms with E-state index in [0.29, 0.717) is 25.7 Å². The summed E-state index contributed by atoms with van der Waals surface area (Å²) >= 11 is 0. The van der Waals surface area contributed by atoms with Crippen molar-refractivity contribution < 1.29 is 66.3 Å². The third-order valence-corrected chi connectivity index (χ3v) is 14.4. The predicted octanol–water partition coefficient (Wildman–Crippen LogP) is 3.29. The van der Waals surface area contributed by atoms with Crippen LogP contribution < -0.4 is 0 Å². The molecule has 5 aliphatic rings. The number of hydrogen-bond acceptors (Lipinski definition) is 9. The van der Waals surface area contributed by atoms with Crippen LogP contribution in [0.4, 0.5) is 0 Å². The standard InChI is InChI=1S/C36H62O9.Pt/c1-19(2)10-9-13-36(8,43)20-11-15-34(6)26(20)21(38)16-24-33(5)14-12-25(39)32(3,4)30(33)22(17-35(24,34)7)44-31-29(42)28(41)27(40)23(18-37)45-31;/h10,20-31,37-43H,9,11-18H2,1-8H3;/q;+4/t20-,21+,22-,23+,24?,25-,26?,27+,28-,29+,30-,31+,33+,34+,35+,36-;/m0./s1. The van der Waals surface area contributed by atoms with E-state index >= 15 is 0 Å². The SMILES string of the molecule is CC(C)=CCC[C@](C)(O)[C@H]1CC[C@]2(C)C1[C@H](O)CC1[C@@]3(C)CC[C@H](O)C(C)(C)[C@@H]3[C@@H](O[C@@H]3O[C@H](CO)[C@@H](O)[C@H](O)[C@H]3O)C[C@]12C.[Pt+4]. The summed E-state index contributed by atoms with van der Waals surface area (Å²) in [6, 6.07) is 0. The van der Waals surface area contributed by atoms with Crippen molar-refractivity contribution in [3.63, 3.8) is 0 Å². The summed E-state index contributed by atoms with van der Waals surface area (Å²) in [6.45, 7) is 16.6. The molecule has 0 aromatic heterocycles. The first kappa shape index (κ1) is 38.9. The van der Waals surface area contributed by atoms with Gasteiger partial charge in [-0.1, -0.05) is 46.3 Å². The molecule has 10 heteroatoms. The first-order valence-electron chi connectivity index (χ1n) is 17.4. The smallest absolute Gasteiger partial charge is 0.394 e. The van der Waals surface area contributed by atoms with E-state index in [1.807, 2.05) is 6.92 Å². The zero-order valence-electron chi connectivity index (χ0n) is 29.1. The van der Waals surface area contributed by atoms with Gasteiger partial charge in [0.1, 0.15) is 24.4 Å². The Labute approximate surface area is 290 Å². The van der Waals surface area contributed by atoms with Crippen LogP contribution in [0, 0.1) is 45.3 Å². The largest absolute Gasteiger partial charge is 4.00 e. The minimum absolute atomic E-state index is 0. The van der Waals surface area contributed by atoms with Crippen molar-refractivity contribution in [3.05, 3.63) is 11.6 Å². The molecule has 0 radical (unpaired) electrons. The van der Waals surface area contributed by atoms with Crippen LogP contribution in [-0.2, 0) is 30.5 Å². The average Bonchev–Trinajstić information content (AvgIpc) is 3.33. The second-order valence-corrected chi connectivity index (χ2v) is 17.5. The Balaban J connectivity index is 0.00000480. The number of aliphatic hydroxyl groups excluding tert-OH is 6. The maximum absolute atomic E-state index is 12.1. The fourth-order valence-corrected chi connectivity index (χ4v) is 11.9. The molecule has 1 saturated heterocycles. The summed E-state index contributed by atoms with van der Waals surface area (Å²) in [6.07, 6.45) is -0.603. The number of fused-ring (bicyclic) bond motifs is 5. The molecular weight excluding hydrogens is 771 g/mol. The van der Waals surface area contributed by atoms with Crippen LogP contribution in [0.2, 0.25) is 0 Å². The van der Waals surface area contributed by atoms with Crippen molar-refractivity contribution in [1.29, 1.82) is 0 Å². The zero-order valence-corrected chi connectivity index (χ0v) is 31.4. The summed E-state index contributed by atoms with van der Waals surface area (Å²) in [5.41, 5.74) is -1.21. The van der Waals surface area contributed by atoms with Gasteiger partial charge in [-0.25, -0.2) is 0 Å². The monoisotopic (exact) mass is 833 g/mol. The molecule has 7 N–H and O–H groups in total. The minimum Gasteiger partial charge on any atom is -0.394 e. The van der Waals surface area contributed by atoms with Crippen molar-refractivity contribution in [2.24, 2.45) is 45.3 Å². The maximum Gasteiger partial charge on any atom is 4.00 e. The minimum atomic E-state index is -1.54. The number of allylic oxidation sites excluding steroid dienone is 2. The zero-order chi connectivity index (χ0) is 33.5. The normalized spacial score (nSPS) is 51.1. The number of ether oxygens (including phenoxy) is 2. The first-order valence-corrected chi connectivity index (χ1v) is 17.4. The van der Waals surface area contributed by atoms with Crippen LogP contribution in [0.15, 0.2) is 11.6 Å². The van der Waals surface area contributed by atoms with E-state index in [0.717, 1.165) is 25.7 Å². The molecule has 9 nitrogen and oxygen atoms in total. The summed E-state index contributed by atoms with van der Waals surface area (Å²) in [5.74, 6) is -0.186. The van der Waals surface area contributed by atoms with Gasteiger partial charge in [0, 0.05) is 0 Å². The fraction of sp³-hybridized carbons (Fsp3) is 0.944. The fourth-order valence-electron chi connectivity index (χ4n) is 11.9. The molecule has 0 spiro atoms. The van der Waals surface area contributed by atoms with Crippen LogP contribution in [0.1, 0.15) is 107 Å². The molecule has 2 unspecified atom stereocenters. The van der Waals surface area contributed by atoms with Crippen molar-refractivity contribution in [2.45, 2.75) is 161 Å². The van der Waals surface area contributed by atoms with E-state index < -0.39 is 66.6 Å². The number of aliphatic hydroxyl groups is 7. The van der Waals surface area contributed by atoms with Gasteiger partial charge in [0.05, 0.1) is 30.5 Å². The molecule has 0 aromatic carbocycles. The van der Waals surface area contributed by atoms with Gasteiger partial charge in [-0.3, -0.25) is 0 Å². The van der Waals surface area contributed by atoms with E-state index in [1.165, 1.54) is 5.57 Å². The van der Waals surface area contributed by atoms with Crippen molar-refractivity contribution in [2.75, 3.05) is 6.61 Å². The molecule has 4 saturated carbocycles. The molecule has 0 bridgehead atoms. The molecule has 46 heavy (non-hydrogen) atoms. The van der Waals surface area contributed by atoms with E-state index in [1.54, 1.807) is 0 Å². The van der Waals surface area contributed by atoms with Gasteiger partial charge in [-0.05, 0) is 117 Å². The Morgan fingerprint density at radius 3 is 2.20 bits per heavy atom. The van der Waals surface area contributed by atoms with Crippen molar-refractivity contribution in [1.82, 2.24) is 0 Å². The molecule has 4 aliphatic carbocycles. The van der Waals surface area contributed by atoms with Gasteiger partial charge in [-0.2, -0.15) is 0 Å². The maximum atomic E-state index is 12.1. The summed E-state index contributed by atoms with van der Waals surface area (Å²) in [7, 11) is 0. The van der Waals surface area contributed by atoms with E-state index in [-0.39, 0.29) is 61.0 Å². The Kier molecular flexibility index (Phi) is 11.3. The van der Waals surface area contributed by atoms with Gasteiger partial charge in [0.15, 0.2) is 6.29 Å². The molecule has 1 aliphatic heterocycles. The van der Waals surface area contributed by atoms with Crippen LogP contribution in [0.3, 0.4) is 0 Å². The van der Waals surface area contributed by atoms with Gasteiger partial charge < -0.3 is 45.2 Å².